The Morgan fingerprint density at radius 1 is 1.06 bits per heavy atom. The molecule has 1 N–H and O–H groups in total. The van der Waals surface area contributed by atoms with Gasteiger partial charge in [-0.3, -0.25) is 10.3 Å². The first-order chi connectivity index (χ1) is 15.5. The van der Waals surface area contributed by atoms with Gasteiger partial charge in [0.2, 0.25) is 5.82 Å². The number of halogens is 1. The lowest BCUT2D eigenvalue weighted by Gasteiger charge is -2.17. The minimum Gasteiger partial charge on any atom is -0.493 e. The highest BCUT2D eigenvalue weighted by atomic mass is 19.1. The van der Waals surface area contributed by atoms with Crippen LogP contribution in [0.15, 0.2) is 53.1 Å². The molecule has 166 valence electrons. The van der Waals surface area contributed by atoms with Crippen molar-refractivity contribution in [3.8, 4) is 22.9 Å². The third-order valence-electron chi connectivity index (χ3n) is 5.82. The van der Waals surface area contributed by atoms with E-state index in [4.69, 9.17) is 18.8 Å². The first-order valence-electron chi connectivity index (χ1n) is 10.7. The van der Waals surface area contributed by atoms with Gasteiger partial charge < -0.3 is 14.0 Å². The van der Waals surface area contributed by atoms with Crippen LogP contribution in [0.1, 0.15) is 44.1 Å². The summed E-state index contributed by atoms with van der Waals surface area (Å²) in [5, 5.41) is 4.02. The molecule has 1 aromatic heterocycles. The van der Waals surface area contributed by atoms with Crippen LogP contribution in [0.5, 0.6) is 11.5 Å². The monoisotopic (exact) mass is 437 g/mol. The Balaban J connectivity index is 1.40. The molecule has 2 heterocycles. The second kappa shape index (κ2) is 8.27. The molecule has 3 aromatic rings. The van der Waals surface area contributed by atoms with Crippen LogP contribution >= 0.6 is 0 Å². The summed E-state index contributed by atoms with van der Waals surface area (Å²) in [7, 11) is 1.64. The van der Waals surface area contributed by atoms with Crippen LogP contribution in [0.3, 0.4) is 0 Å². The van der Waals surface area contributed by atoms with E-state index in [1.807, 2.05) is 31.2 Å². The summed E-state index contributed by atoms with van der Waals surface area (Å²) < 4.78 is 30.3. The highest BCUT2D eigenvalue weighted by Crippen LogP contribution is 2.38. The van der Waals surface area contributed by atoms with Crippen LogP contribution in [0.25, 0.3) is 17.1 Å². The number of nitrogens with one attached hydrogen (secondary N) is 1. The molecule has 1 atom stereocenters. The molecule has 1 aliphatic heterocycles. The molecule has 1 aliphatic carbocycles. The van der Waals surface area contributed by atoms with Gasteiger partial charge in [-0.1, -0.05) is 5.16 Å². The fourth-order valence-corrected chi connectivity index (χ4v) is 4.01. The topological polar surface area (TPSA) is 78.6 Å². The van der Waals surface area contributed by atoms with E-state index in [2.05, 4.69) is 15.6 Å². The van der Waals surface area contributed by atoms with Crippen molar-refractivity contribution >= 4 is 5.70 Å². The lowest BCUT2D eigenvalue weighted by molar-refractivity contribution is -0.0445. The number of rotatable bonds is 6. The molecule has 1 fully saturated rings. The first kappa shape index (κ1) is 20.5. The van der Waals surface area contributed by atoms with Gasteiger partial charge in [0.05, 0.1) is 18.9 Å². The van der Waals surface area contributed by atoms with E-state index < -0.39 is 5.60 Å². The maximum Gasteiger partial charge on any atom is 0.265 e. The Bertz CT molecular complexity index is 1140. The van der Waals surface area contributed by atoms with Crippen molar-refractivity contribution in [2.75, 3.05) is 7.11 Å². The van der Waals surface area contributed by atoms with Crippen molar-refractivity contribution in [2.45, 2.75) is 44.3 Å². The Hall–Kier alpha value is -3.39. The summed E-state index contributed by atoms with van der Waals surface area (Å²) in [6.45, 7) is 1.83. The van der Waals surface area contributed by atoms with Crippen LogP contribution in [0.4, 0.5) is 4.39 Å². The average Bonchev–Trinajstić information content (AvgIpc) is 3.56. The third-order valence-corrected chi connectivity index (χ3v) is 5.82. The molecule has 2 aliphatic rings. The minimum atomic E-state index is -0.965. The zero-order chi connectivity index (χ0) is 22.1. The zero-order valence-electron chi connectivity index (χ0n) is 17.9. The average molecular weight is 437 g/mol. The van der Waals surface area contributed by atoms with Gasteiger partial charge in [0.1, 0.15) is 5.82 Å². The molecular weight excluding hydrogens is 413 g/mol. The second-order valence-corrected chi connectivity index (χ2v) is 8.19. The van der Waals surface area contributed by atoms with Crippen LogP contribution in [0.2, 0.25) is 0 Å². The molecule has 0 amide bonds. The summed E-state index contributed by atoms with van der Waals surface area (Å²) in [6, 6.07) is 11.7. The lowest BCUT2D eigenvalue weighted by Crippen LogP contribution is -2.23. The van der Waals surface area contributed by atoms with Crippen molar-refractivity contribution in [1.29, 1.82) is 0 Å². The second-order valence-electron chi connectivity index (χ2n) is 8.19. The lowest BCUT2D eigenvalue weighted by atomic mass is 10.0. The standard InChI is InChI=1S/C24H24FN3O4/c1-24(23-26-22(28-31-23)15-7-10-17(25)11-8-15)14-19(27-32-24)16-9-12-20(29-2)21(13-16)30-18-5-3-4-6-18/h7-14,18,27H,3-6H2,1-2H3. The number of methoxy groups -OCH3 is 1. The summed E-state index contributed by atoms with van der Waals surface area (Å²) in [5.41, 5.74) is 4.30. The van der Waals surface area contributed by atoms with Crippen molar-refractivity contribution in [2.24, 2.45) is 0 Å². The summed E-state index contributed by atoms with van der Waals surface area (Å²) >= 11 is 0. The van der Waals surface area contributed by atoms with Crippen LogP contribution in [-0.2, 0) is 10.4 Å². The molecule has 0 spiro atoms. The number of aromatic nitrogens is 2. The summed E-state index contributed by atoms with van der Waals surface area (Å²) in [6.07, 6.45) is 6.60. The van der Waals surface area contributed by atoms with Crippen molar-refractivity contribution in [3.05, 3.63) is 65.8 Å². The predicted molar refractivity (Wildman–Crippen MR) is 115 cm³/mol. The van der Waals surface area contributed by atoms with E-state index in [1.54, 1.807) is 19.2 Å². The molecule has 0 saturated heterocycles. The van der Waals surface area contributed by atoms with Crippen molar-refractivity contribution in [1.82, 2.24) is 15.6 Å². The molecule has 32 heavy (non-hydrogen) atoms. The van der Waals surface area contributed by atoms with Crippen LogP contribution in [-0.4, -0.2) is 23.4 Å². The van der Waals surface area contributed by atoms with E-state index in [1.165, 1.54) is 25.0 Å². The Morgan fingerprint density at radius 3 is 2.56 bits per heavy atom. The smallest absolute Gasteiger partial charge is 0.265 e. The molecule has 2 aromatic carbocycles. The Labute approximate surface area is 185 Å². The van der Waals surface area contributed by atoms with Gasteiger partial charge in [0.25, 0.3) is 5.89 Å². The molecular formula is C24H24FN3O4. The van der Waals surface area contributed by atoms with Crippen molar-refractivity contribution < 1.29 is 23.2 Å². The van der Waals surface area contributed by atoms with Gasteiger partial charge >= 0.3 is 0 Å². The number of ether oxygens (including phenoxy) is 2. The van der Waals surface area contributed by atoms with E-state index >= 15 is 0 Å². The number of hydrogen-bond donors (Lipinski definition) is 1. The highest BCUT2D eigenvalue weighted by molar-refractivity contribution is 5.68. The fraction of sp³-hybridized carbons (Fsp3) is 0.333. The number of benzene rings is 2. The number of hydroxylamine groups is 1. The van der Waals surface area contributed by atoms with E-state index in [0.29, 0.717) is 22.9 Å². The molecule has 0 bridgehead atoms. The van der Waals surface area contributed by atoms with Gasteiger partial charge in [-0.05, 0) is 81.1 Å². The van der Waals surface area contributed by atoms with Gasteiger partial charge in [-0.2, -0.15) is 4.98 Å². The van der Waals surface area contributed by atoms with E-state index in [9.17, 15) is 4.39 Å². The summed E-state index contributed by atoms with van der Waals surface area (Å²) in [5.74, 6) is 1.74. The van der Waals surface area contributed by atoms with E-state index in [0.717, 1.165) is 24.1 Å². The molecule has 8 heteroatoms. The maximum absolute atomic E-state index is 13.2. The molecule has 0 radical (unpaired) electrons. The zero-order valence-corrected chi connectivity index (χ0v) is 17.9. The van der Waals surface area contributed by atoms with Gasteiger partial charge in [-0.25, -0.2) is 4.39 Å². The molecule has 5 rings (SSSR count). The predicted octanol–water partition coefficient (Wildman–Crippen LogP) is 5.00. The van der Waals surface area contributed by atoms with Gasteiger partial charge in [-0.15, -0.1) is 0 Å². The highest BCUT2D eigenvalue weighted by Gasteiger charge is 2.38. The third kappa shape index (κ3) is 3.93. The van der Waals surface area contributed by atoms with Crippen LogP contribution in [0, 0.1) is 5.82 Å². The SMILES string of the molecule is COc1ccc(C2=CC(C)(c3nc(-c4ccc(F)cc4)no3)ON2)cc1OC1CCCC1. The Kier molecular flexibility index (Phi) is 5.30. The molecule has 1 saturated carbocycles. The Morgan fingerprint density at radius 2 is 1.81 bits per heavy atom. The maximum atomic E-state index is 13.2. The molecule has 7 nitrogen and oxygen atoms in total. The van der Waals surface area contributed by atoms with Crippen molar-refractivity contribution in [3.63, 3.8) is 0 Å². The number of nitrogens with zero attached hydrogens (tertiary/aromatic N) is 2. The van der Waals surface area contributed by atoms with Gasteiger partial charge in [0, 0.05) is 11.1 Å². The fourth-order valence-electron chi connectivity index (χ4n) is 4.01. The molecule has 1 unspecified atom stereocenters. The number of hydrogen-bond acceptors (Lipinski definition) is 7. The normalized spacial score (nSPS) is 20.8. The first-order valence-corrected chi connectivity index (χ1v) is 10.7. The largest absolute Gasteiger partial charge is 0.493 e. The summed E-state index contributed by atoms with van der Waals surface area (Å²) in [4.78, 5) is 10.3. The van der Waals surface area contributed by atoms with Gasteiger partial charge in [0.15, 0.2) is 17.1 Å². The van der Waals surface area contributed by atoms with E-state index in [-0.39, 0.29) is 17.8 Å². The quantitative estimate of drug-likeness (QED) is 0.582. The van der Waals surface area contributed by atoms with Crippen LogP contribution < -0.4 is 15.0 Å². The minimum absolute atomic E-state index is 0.217.